The molecular weight excluding hydrogens is 452 g/mol. The Morgan fingerprint density at radius 1 is 1.03 bits per heavy atom. The van der Waals surface area contributed by atoms with E-state index < -0.39 is 40.3 Å². The number of imide groups is 1. The quantitative estimate of drug-likeness (QED) is 0.461. The van der Waals surface area contributed by atoms with Crippen LogP contribution in [0.4, 0.5) is 4.79 Å². The van der Waals surface area contributed by atoms with Gasteiger partial charge < -0.3 is 9.47 Å². The van der Waals surface area contributed by atoms with Crippen LogP contribution < -0.4 is 4.74 Å². The molecule has 0 aromatic heterocycles. The number of benzene rings is 2. The Hall–Kier alpha value is -3.44. The molecule has 2 atom stereocenters. The lowest BCUT2D eigenvalue weighted by Gasteiger charge is -2.29. The van der Waals surface area contributed by atoms with E-state index in [-0.39, 0.29) is 30.7 Å². The van der Waals surface area contributed by atoms with Crippen molar-refractivity contribution in [3.05, 3.63) is 65.2 Å². The molecule has 2 aromatic rings. The molecule has 0 spiro atoms. The average Bonchev–Trinajstić information content (AvgIpc) is 3.29. The summed E-state index contributed by atoms with van der Waals surface area (Å²) in [5, 5.41) is 0. The third kappa shape index (κ3) is 4.69. The lowest BCUT2D eigenvalue weighted by atomic mass is 10.1. The molecule has 2 unspecified atom stereocenters. The zero-order chi connectivity index (χ0) is 23.8. The first kappa shape index (κ1) is 22.7. The molecule has 3 amide bonds. The number of hydrogen-bond acceptors (Lipinski definition) is 8. The van der Waals surface area contributed by atoms with Crippen molar-refractivity contribution in [1.29, 1.82) is 0 Å². The number of likely N-dealkylation sites (tertiary alicyclic amines) is 1. The lowest BCUT2D eigenvalue weighted by Crippen LogP contribution is -2.49. The van der Waals surface area contributed by atoms with E-state index in [1.807, 2.05) is 0 Å². The molecule has 0 bridgehead atoms. The van der Waals surface area contributed by atoms with Crippen molar-refractivity contribution in [2.45, 2.75) is 25.3 Å². The first-order chi connectivity index (χ1) is 15.7. The minimum Gasteiger partial charge on any atom is -0.497 e. The molecule has 2 aliphatic rings. The predicted octanol–water partition coefficient (Wildman–Crippen LogP) is 2.00. The second-order valence-electron chi connectivity index (χ2n) is 7.72. The number of amides is 3. The number of ether oxygens (including phenoxy) is 2. The summed E-state index contributed by atoms with van der Waals surface area (Å²) in [5.74, 6) is -0.474. The number of fused-ring (bicyclic) bond motifs is 1. The molecule has 1 saturated heterocycles. The third-order valence-corrected chi connectivity index (χ3v) is 6.05. The number of nitrogens with zero attached hydrogens (tertiary/aromatic N) is 2. The van der Waals surface area contributed by atoms with Crippen LogP contribution in [0.2, 0.25) is 0 Å². The predicted molar refractivity (Wildman–Crippen MR) is 115 cm³/mol. The molecule has 0 radical (unpaired) electrons. The van der Waals surface area contributed by atoms with E-state index in [2.05, 4.69) is 0 Å². The maximum atomic E-state index is 12.9. The molecule has 10 nitrogen and oxygen atoms in total. The van der Waals surface area contributed by atoms with Crippen molar-refractivity contribution in [3.8, 4) is 5.75 Å². The molecule has 2 aliphatic heterocycles. The van der Waals surface area contributed by atoms with Gasteiger partial charge in [0.25, 0.3) is 21.9 Å². The molecular formula is C22H22N2O8S. The van der Waals surface area contributed by atoms with Gasteiger partial charge in [-0.1, -0.05) is 24.3 Å². The van der Waals surface area contributed by atoms with E-state index in [0.29, 0.717) is 11.3 Å². The zero-order valence-corrected chi connectivity index (χ0v) is 18.8. The first-order valence-corrected chi connectivity index (χ1v) is 11.9. The topological polar surface area (TPSA) is 120 Å². The van der Waals surface area contributed by atoms with Gasteiger partial charge in [-0.05, 0) is 29.8 Å². The average molecular weight is 474 g/mol. The maximum absolute atomic E-state index is 12.9. The molecule has 0 aliphatic carbocycles. The van der Waals surface area contributed by atoms with Crippen LogP contribution in [0.15, 0.2) is 48.5 Å². The minimum absolute atomic E-state index is 0.0594. The highest BCUT2D eigenvalue weighted by atomic mass is 32.2. The highest BCUT2D eigenvalue weighted by Crippen LogP contribution is 2.32. The van der Waals surface area contributed by atoms with E-state index >= 15 is 0 Å². The summed E-state index contributed by atoms with van der Waals surface area (Å²) in [6, 6.07) is 13.2. The van der Waals surface area contributed by atoms with Crippen LogP contribution in [0, 0.1) is 0 Å². The monoisotopic (exact) mass is 474 g/mol. The standard InChI is InChI=1S/C22H22N2O8S/c1-30-15-9-7-14(8-10-15)13-31-22(27)23-12-16(32-33(2,28)29)11-19(23)24-20(25)17-5-3-4-6-18(17)21(24)26/h3-10,16,19H,11-13H2,1-2H3. The fourth-order valence-corrected chi connectivity index (χ4v) is 4.60. The Morgan fingerprint density at radius 2 is 1.64 bits per heavy atom. The van der Waals surface area contributed by atoms with Crippen LogP contribution >= 0.6 is 0 Å². The molecule has 2 heterocycles. The Kier molecular flexibility index (Phi) is 6.09. The van der Waals surface area contributed by atoms with Crippen LogP contribution in [-0.2, 0) is 25.6 Å². The van der Waals surface area contributed by atoms with Crippen LogP contribution in [0.1, 0.15) is 32.7 Å². The molecule has 174 valence electrons. The van der Waals surface area contributed by atoms with Crippen molar-refractivity contribution in [1.82, 2.24) is 9.80 Å². The van der Waals surface area contributed by atoms with Crippen LogP contribution in [0.5, 0.6) is 5.75 Å². The smallest absolute Gasteiger partial charge is 0.411 e. The molecule has 4 rings (SSSR count). The van der Waals surface area contributed by atoms with Gasteiger partial charge >= 0.3 is 6.09 Å². The van der Waals surface area contributed by atoms with Crippen molar-refractivity contribution in [2.24, 2.45) is 0 Å². The van der Waals surface area contributed by atoms with Gasteiger partial charge in [0.1, 0.15) is 18.5 Å². The summed E-state index contributed by atoms with van der Waals surface area (Å²) < 4.78 is 38.8. The molecule has 0 saturated carbocycles. The third-order valence-electron chi connectivity index (χ3n) is 5.42. The van der Waals surface area contributed by atoms with Gasteiger partial charge in [-0.15, -0.1) is 0 Å². The molecule has 0 N–H and O–H groups in total. The largest absolute Gasteiger partial charge is 0.497 e. The number of methoxy groups -OCH3 is 1. The van der Waals surface area contributed by atoms with Gasteiger partial charge in [-0.3, -0.25) is 23.6 Å². The number of hydrogen-bond donors (Lipinski definition) is 0. The van der Waals surface area contributed by atoms with E-state index in [0.717, 1.165) is 16.1 Å². The summed E-state index contributed by atoms with van der Waals surface area (Å²) in [6.45, 7) is -0.224. The lowest BCUT2D eigenvalue weighted by molar-refractivity contribution is 0.0347. The van der Waals surface area contributed by atoms with E-state index in [9.17, 15) is 22.8 Å². The van der Waals surface area contributed by atoms with Crippen molar-refractivity contribution in [3.63, 3.8) is 0 Å². The summed E-state index contributed by atoms with van der Waals surface area (Å²) in [4.78, 5) is 40.9. The van der Waals surface area contributed by atoms with Gasteiger partial charge in [0.05, 0.1) is 37.1 Å². The summed E-state index contributed by atoms with van der Waals surface area (Å²) in [5.41, 5.74) is 1.15. The highest BCUT2D eigenvalue weighted by molar-refractivity contribution is 7.86. The van der Waals surface area contributed by atoms with Crippen LogP contribution in [0.25, 0.3) is 0 Å². The van der Waals surface area contributed by atoms with Gasteiger partial charge in [0.15, 0.2) is 0 Å². The second-order valence-corrected chi connectivity index (χ2v) is 9.32. The summed E-state index contributed by atoms with van der Waals surface area (Å²) >= 11 is 0. The second kappa shape index (κ2) is 8.83. The Bertz CT molecular complexity index is 1160. The Morgan fingerprint density at radius 3 is 2.18 bits per heavy atom. The first-order valence-electron chi connectivity index (χ1n) is 10.1. The van der Waals surface area contributed by atoms with Gasteiger partial charge in [-0.2, -0.15) is 8.42 Å². The van der Waals surface area contributed by atoms with Crippen molar-refractivity contribution in [2.75, 3.05) is 19.9 Å². The van der Waals surface area contributed by atoms with Crippen molar-refractivity contribution < 1.29 is 36.5 Å². The van der Waals surface area contributed by atoms with E-state index in [4.69, 9.17) is 13.7 Å². The van der Waals surface area contributed by atoms with Gasteiger partial charge in [0.2, 0.25) is 0 Å². The number of rotatable bonds is 6. The maximum Gasteiger partial charge on any atom is 0.411 e. The highest BCUT2D eigenvalue weighted by Gasteiger charge is 2.49. The van der Waals surface area contributed by atoms with E-state index in [1.165, 1.54) is 19.2 Å². The summed E-state index contributed by atoms with van der Waals surface area (Å²) in [6.07, 6.45) is -1.94. The fourth-order valence-electron chi connectivity index (χ4n) is 3.96. The van der Waals surface area contributed by atoms with Crippen LogP contribution in [0.3, 0.4) is 0 Å². The minimum atomic E-state index is -3.83. The number of carbonyl (C=O) groups is 3. The van der Waals surface area contributed by atoms with Gasteiger partial charge in [0, 0.05) is 6.42 Å². The van der Waals surface area contributed by atoms with Gasteiger partial charge in [-0.25, -0.2) is 4.79 Å². The number of carbonyl (C=O) groups excluding carboxylic acids is 3. The normalized spacial score (nSPS) is 20.2. The summed E-state index contributed by atoms with van der Waals surface area (Å²) in [7, 11) is -2.29. The van der Waals surface area contributed by atoms with Crippen LogP contribution in [-0.4, -0.2) is 68.3 Å². The molecule has 1 fully saturated rings. The molecule has 2 aromatic carbocycles. The Labute approximate surface area is 190 Å². The fraction of sp³-hybridized carbons (Fsp3) is 0.318. The van der Waals surface area contributed by atoms with E-state index in [1.54, 1.807) is 36.4 Å². The molecule has 33 heavy (non-hydrogen) atoms. The van der Waals surface area contributed by atoms with Crippen molar-refractivity contribution >= 4 is 28.0 Å². The molecule has 11 heteroatoms. The zero-order valence-electron chi connectivity index (χ0n) is 18.0. The SMILES string of the molecule is COc1ccc(COC(=O)N2CC(OS(C)(=O)=O)CC2N2C(=O)c3ccccc3C2=O)cc1. The Balaban J connectivity index is 1.55.